The average Bonchev–Trinajstić information content (AvgIpc) is 2.83. The van der Waals surface area contributed by atoms with E-state index in [4.69, 9.17) is 0 Å². The lowest BCUT2D eigenvalue weighted by atomic mass is 10.4. The molecule has 6 heteroatoms. The van der Waals surface area contributed by atoms with Crippen LogP contribution in [0.1, 0.15) is 28.7 Å². The molecular weight excluding hydrogens is 238 g/mol. The average molecular weight is 251 g/mol. The minimum atomic E-state index is -0.481. The second kappa shape index (κ2) is 6.70. The van der Waals surface area contributed by atoms with Crippen molar-refractivity contribution in [2.45, 2.75) is 13.8 Å². The van der Waals surface area contributed by atoms with Crippen LogP contribution >= 0.6 is 11.3 Å². The number of carbonyl (C=O) groups is 1. The van der Waals surface area contributed by atoms with Crippen molar-refractivity contribution in [3.8, 4) is 0 Å². The number of ether oxygens (including phenoxy) is 1. The maximum atomic E-state index is 11.2. The Morgan fingerprint density at radius 2 is 2.06 bits per heavy atom. The van der Waals surface area contributed by atoms with Gasteiger partial charge in [0.15, 0.2) is 5.01 Å². The highest BCUT2D eigenvalue weighted by Crippen LogP contribution is 2.11. The van der Waals surface area contributed by atoms with E-state index < -0.39 is 5.97 Å². The summed E-state index contributed by atoms with van der Waals surface area (Å²) in [5.41, 5.74) is 0.707. The summed E-state index contributed by atoms with van der Waals surface area (Å²) in [5, 5.41) is 8.43. The number of aromatic nitrogens is 2. The first-order valence-electron chi connectivity index (χ1n) is 4.93. The second-order valence-electron chi connectivity index (χ2n) is 2.99. The predicted octanol–water partition coefficient (Wildman–Crippen LogP) is 2.22. The van der Waals surface area contributed by atoms with E-state index in [-0.39, 0.29) is 5.01 Å². The van der Waals surface area contributed by atoms with E-state index in [2.05, 4.69) is 19.9 Å². The van der Waals surface area contributed by atoms with E-state index in [0.29, 0.717) is 10.7 Å². The molecule has 0 bridgehead atoms. The lowest BCUT2D eigenvalue weighted by molar-refractivity contribution is 0.0599. The normalized spacial score (nSPS) is 12.5. The molecule has 0 saturated heterocycles. The Hall–Kier alpha value is -1.82. The summed E-state index contributed by atoms with van der Waals surface area (Å²) < 4.78 is 4.55. The maximum Gasteiger partial charge on any atom is 0.369 e. The van der Waals surface area contributed by atoms with Crippen LogP contribution in [0.3, 0.4) is 0 Å². The van der Waals surface area contributed by atoms with Crippen molar-refractivity contribution in [2.75, 3.05) is 7.11 Å². The van der Waals surface area contributed by atoms with Gasteiger partial charge in [-0.2, -0.15) is 0 Å². The van der Waals surface area contributed by atoms with Crippen LogP contribution < -0.4 is 0 Å². The fourth-order valence-electron chi connectivity index (χ4n) is 0.910. The molecule has 0 atom stereocenters. The Morgan fingerprint density at radius 3 is 2.71 bits per heavy atom. The van der Waals surface area contributed by atoms with Gasteiger partial charge in [0.05, 0.1) is 12.8 Å². The lowest BCUT2D eigenvalue weighted by Gasteiger charge is -1.90. The quantitative estimate of drug-likeness (QED) is 0.467. The molecule has 1 heterocycles. The van der Waals surface area contributed by atoms with E-state index in [1.807, 2.05) is 32.1 Å². The van der Waals surface area contributed by atoms with Crippen LogP contribution in [-0.2, 0) is 4.74 Å². The Morgan fingerprint density at radius 1 is 1.35 bits per heavy atom. The van der Waals surface area contributed by atoms with Gasteiger partial charge in [-0.25, -0.2) is 4.79 Å². The lowest BCUT2D eigenvalue weighted by Crippen LogP contribution is -1.99. The van der Waals surface area contributed by atoms with Crippen molar-refractivity contribution in [3.05, 3.63) is 34.4 Å². The summed E-state index contributed by atoms with van der Waals surface area (Å²) in [6.07, 6.45) is 7.25. The van der Waals surface area contributed by atoms with Gasteiger partial charge in [-0.3, -0.25) is 4.99 Å². The number of nitrogens with zero attached hydrogens (tertiary/aromatic N) is 3. The highest BCUT2D eigenvalue weighted by Gasteiger charge is 2.13. The molecule has 0 aromatic carbocycles. The number of esters is 1. The first kappa shape index (κ1) is 13.2. The van der Waals surface area contributed by atoms with Gasteiger partial charge in [-0.05, 0) is 19.9 Å². The van der Waals surface area contributed by atoms with Crippen molar-refractivity contribution in [3.63, 3.8) is 0 Å². The van der Waals surface area contributed by atoms with Gasteiger partial charge < -0.3 is 4.74 Å². The van der Waals surface area contributed by atoms with E-state index in [1.54, 1.807) is 6.20 Å². The van der Waals surface area contributed by atoms with Crippen molar-refractivity contribution < 1.29 is 9.53 Å². The summed E-state index contributed by atoms with van der Waals surface area (Å²) >= 11 is 1.16. The molecule has 0 saturated carbocycles. The number of hydrogen-bond donors (Lipinski definition) is 0. The Labute approximate surface area is 104 Å². The fourth-order valence-corrected chi connectivity index (χ4v) is 1.62. The van der Waals surface area contributed by atoms with Crippen molar-refractivity contribution >= 4 is 23.0 Å². The number of methoxy groups -OCH3 is 1. The molecule has 0 spiro atoms. The standard InChI is InChI=1S/C11H13N3O2S/c1-4-5-6-7-12-8(2)9-13-14-10(17-9)11(15)16-3/h4-7H,1-3H3/b5-4+,7-6-,12-8?. The van der Waals surface area contributed by atoms with Crippen LogP contribution in [0.15, 0.2) is 29.4 Å². The molecule has 0 radical (unpaired) electrons. The molecule has 0 unspecified atom stereocenters. The topological polar surface area (TPSA) is 64.4 Å². The maximum absolute atomic E-state index is 11.2. The molecule has 0 aliphatic heterocycles. The smallest absolute Gasteiger partial charge is 0.369 e. The molecule has 0 aliphatic carbocycles. The van der Waals surface area contributed by atoms with Gasteiger partial charge in [0.2, 0.25) is 5.01 Å². The molecule has 1 aromatic heterocycles. The number of allylic oxidation sites excluding steroid dienone is 3. The highest BCUT2D eigenvalue weighted by molar-refractivity contribution is 7.15. The van der Waals surface area contributed by atoms with E-state index >= 15 is 0 Å². The summed E-state index contributed by atoms with van der Waals surface area (Å²) in [7, 11) is 1.31. The Balaban J connectivity index is 2.79. The first-order valence-corrected chi connectivity index (χ1v) is 5.75. The van der Waals surface area contributed by atoms with Crippen LogP contribution in [0, 0.1) is 0 Å². The zero-order valence-electron chi connectivity index (χ0n) is 9.88. The van der Waals surface area contributed by atoms with E-state index in [0.717, 1.165) is 11.3 Å². The SMILES string of the molecule is C/C=C/C=C\N=C(C)c1nnc(C(=O)OC)s1. The zero-order chi connectivity index (χ0) is 12.7. The molecule has 90 valence electrons. The van der Waals surface area contributed by atoms with Crippen molar-refractivity contribution in [1.82, 2.24) is 10.2 Å². The fraction of sp³-hybridized carbons (Fsp3) is 0.273. The van der Waals surface area contributed by atoms with E-state index in [9.17, 15) is 4.79 Å². The molecule has 0 N–H and O–H groups in total. The van der Waals surface area contributed by atoms with Crippen LogP contribution in [0.4, 0.5) is 0 Å². The summed E-state index contributed by atoms with van der Waals surface area (Å²) in [4.78, 5) is 15.3. The summed E-state index contributed by atoms with van der Waals surface area (Å²) in [6, 6.07) is 0. The minimum Gasteiger partial charge on any atom is -0.464 e. The predicted molar refractivity (Wildman–Crippen MR) is 67.4 cm³/mol. The number of rotatable bonds is 4. The minimum absolute atomic E-state index is 0.231. The Bertz CT molecular complexity index is 475. The second-order valence-corrected chi connectivity index (χ2v) is 3.96. The summed E-state index contributed by atoms with van der Waals surface area (Å²) in [6.45, 7) is 3.73. The molecule has 0 fully saturated rings. The van der Waals surface area contributed by atoms with Gasteiger partial charge in [0.25, 0.3) is 0 Å². The number of hydrogen-bond acceptors (Lipinski definition) is 6. The van der Waals surface area contributed by atoms with Crippen molar-refractivity contribution in [1.29, 1.82) is 0 Å². The van der Waals surface area contributed by atoms with E-state index in [1.165, 1.54) is 7.11 Å². The van der Waals surface area contributed by atoms with Gasteiger partial charge in [-0.1, -0.05) is 23.5 Å². The number of carbonyl (C=O) groups excluding carboxylic acids is 1. The molecule has 0 aliphatic rings. The monoisotopic (exact) mass is 251 g/mol. The molecule has 1 rings (SSSR count). The molecule has 0 amide bonds. The molecular formula is C11H13N3O2S. The van der Waals surface area contributed by atoms with Gasteiger partial charge >= 0.3 is 5.97 Å². The van der Waals surface area contributed by atoms with Gasteiger partial charge in [0, 0.05) is 6.20 Å². The molecule has 1 aromatic rings. The van der Waals surface area contributed by atoms with Crippen LogP contribution in [0.5, 0.6) is 0 Å². The van der Waals surface area contributed by atoms with Crippen molar-refractivity contribution in [2.24, 2.45) is 4.99 Å². The van der Waals surface area contributed by atoms with Crippen LogP contribution in [-0.4, -0.2) is 29.0 Å². The van der Waals surface area contributed by atoms with Gasteiger partial charge in [-0.15, -0.1) is 10.2 Å². The third-order valence-corrected chi connectivity index (χ3v) is 2.76. The molecule has 5 nitrogen and oxygen atoms in total. The summed E-state index contributed by atoms with van der Waals surface area (Å²) in [5.74, 6) is -0.481. The van der Waals surface area contributed by atoms with Crippen LogP contribution in [0.2, 0.25) is 0 Å². The third-order valence-electron chi connectivity index (χ3n) is 1.75. The third kappa shape index (κ3) is 3.92. The van der Waals surface area contributed by atoms with Gasteiger partial charge in [0.1, 0.15) is 0 Å². The largest absolute Gasteiger partial charge is 0.464 e. The Kier molecular flexibility index (Phi) is 5.22. The van der Waals surface area contributed by atoms with Crippen LogP contribution in [0.25, 0.3) is 0 Å². The first-order chi connectivity index (χ1) is 8.19. The molecule has 17 heavy (non-hydrogen) atoms. The highest BCUT2D eigenvalue weighted by atomic mass is 32.1. The number of aliphatic imine (C=N–C) groups is 1. The zero-order valence-corrected chi connectivity index (χ0v) is 10.7.